The predicted octanol–water partition coefficient (Wildman–Crippen LogP) is 2.22. The Morgan fingerprint density at radius 1 is 1.50 bits per heavy atom. The molecule has 1 aromatic carbocycles. The smallest absolute Gasteiger partial charge is 0.127 e. The number of nitrogens with one attached hydrogen (secondary N) is 1. The minimum Gasteiger partial charge on any atom is -0.311 e. The lowest BCUT2D eigenvalue weighted by molar-refractivity contribution is 0.534. The van der Waals surface area contributed by atoms with Gasteiger partial charge < -0.3 is 5.32 Å². The summed E-state index contributed by atoms with van der Waals surface area (Å²) in [6.07, 6.45) is 2.23. The van der Waals surface area contributed by atoms with Crippen molar-refractivity contribution in [3.63, 3.8) is 0 Å². The lowest BCUT2D eigenvalue weighted by atomic mass is 10.0. The van der Waals surface area contributed by atoms with Crippen LogP contribution in [0.4, 0.5) is 4.39 Å². The van der Waals surface area contributed by atoms with Crippen LogP contribution in [0.3, 0.4) is 0 Å². The highest BCUT2D eigenvalue weighted by molar-refractivity contribution is 9.10. The Morgan fingerprint density at radius 2 is 2.28 bits per heavy atom. The molecule has 0 fully saturated rings. The number of aromatic nitrogens is 3. The normalized spacial score (nSPS) is 12.7. The molecule has 0 saturated heterocycles. The molecule has 18 heavy (non-hydrogen) atoms. The molecule has 1 atom stereocenters. The minimum absolute atomic E-state index is 0.0469. The van der Waals surface area contributed by atoms with Crippen molar-refractivity contribution in [3.05, 3.63) is 45.9 Å². The van der Waals surface area contributed by atoms with E-state index in [-0.39, 0.29) is 11.9 Å². The third kappa shape index (κ3) is 2.94. The van der Waals surface area contributed by atoms with Gasteiger partial charge in [0.25, 0.3) is 0 Å². The molecule has 0 spiro atoms. The van der Waals surface area contributed by atoms with E-state index in [4.69, 9.17) is 0 Å². The van der Waals surface area contributed by atoms with Crippen molar-refractivity contribution >= 4 is 15.9 Å². The summed E-state index contributed by atoms with van der Waals surface area (Å²) in [7, 11) is 3.59. The van der Waals surface area contributed by atoms with E-state index in [1.165, 1.54) is 10.9 Å². The molecule has 0 amide bonds. The summed E-state index contributed by atoms with van der Waals surface area (Å²) in [6, 6.07) is 5.04. The van der Waals surface area contributed by atoms with Gasteiger partial charge in [-0.25, -0.2) is 4.39 Å². The standard InChI is InChI=1S/C12H14BrFN4/c1-15-11(12-7-16-18(2)17-12)5-8-3-4-9(13)6-10(8)14/h3-4,6-7,11,15H,5H2,1-2H3. The van der Waals surface area contributed by atoms with Gasteiger partial charge in [-0.1, -0.05) is 22.0 Å². The molecule has 2 rings (SSSR count). The Labute approximate surface area is 113 Å². The summed E-state index contributed by atoms with van der Waals surface area (Å²) in [4.78, 5) is 1.50. The topological polar surface area (TPSA) is 42.7 Å². The van der Waals surface area contributed by atoms with Crippen LogP contribution in [-0.4, -0.2) is 22.0 Å². The van der Waals surface area contributed by atoms with E-state index in [1.807, 2.05) is 13.1 Å². The highest BCUT2D eigenvalue weighted by Crippen LogP contribution is 2.20. The summed E-state index contributed by atoms with van der Waals surface area (Å²) in [5.41, 5.74) is 1.46. The second-order valence-electron chi connectivity index (χ2n) is 4.04. The van der Waals surface area contributed by atoms with Crippen LogP contribution in [0, 0.1) is 5.82 Å². The Balaban J connectivity index is 2.20. The van der Waals surface area contributed by atoms with Crippen molar-refractivity contribution in [2.75, 3.05) is 7.05 Å². The zero-order valence-electron chi connectivity index (χ0n) is 10.2. The van der Waals surface area contributed by atoms with E-state index in [0.29, 0.717) is 12.0 Å². The van der Waals surface area contributed by atoms with Crippen molar-refractivity contribution in [3.8, 4) is 0 Å². The van der Waals surface area contributed by atoms with Gasteiger partial charge in [0.1, 0.15) is 5.82 Å². The summed E-state index contributed by atoms with van der Waals surface area (Å²) < 4.78 is 14.5. The van der Waals surface area contributed by atoms with E-state index in [1.54, 1.807) is 19.3 Å². The first kappa shape index (κ1) is 13.2. The largest absolute Gasteiger partial charge is 0.311 e. The van der Waals surface area contributed by atoms with Crippen molar-refractivity contribution in [2.45, 2.75) is 12.5 Å². The predicted molar refractivity (Wildman–Crippen MR) is 70.6 cm³/mol. The second kappa shape index (κ2) is 5.58. The van der Waals surface area contributed by atoms with Crippen LogP contribution in [0.2, 0.25) is 0 Å². The molecule has 1 heterocycles. The van der Waals surface area contributed by atoms with E-state index >= 15 is 0 Å². The fourth-order valence-electron chi connectivity index (χ4n) is 1.78. The zero-order valence-corrected chi connectivity index (χ0v) is 11.8. The van der Waals surface area contributed by atoms with Crippen molar-refractivity contribution in [2.24, 2.45) is 7.05 Å². The maximum atomic E-state index is 13.8. The Bertz CT molecular complexity index is 541. The van der Waals surface area contributed by atoms with Crippen molar-refractivity contribution in [1.29, 1.82) is 0 Å². The maximum absolute atomic E-state index is 13.8. The maximum Gasteiger partial charge on any atom is 0.127 e. The number of halogens is 2. The van der Waals surface area contributed by atoms with Gasteiger partial charge in [0.2, 0.25) is 0 Å². The fourth-order valence-corrected chi connectivity index (χ4v) is 2.12. The number of rotatable bonds is 4. The number of hydrogen-bond acceptors (Lipinski definition) is 3. The SMILES string of the molecule is CNC(Cc1ccc(Br)cc1F)c1cnn(C)n1. The number of likely N-dealkylation sites (N-methyl/N-ethyl adjacent to an activating group) is 1. The lowest BCUT2D eigenvalue weighted by Crippen LogP contribution is -2.20. The van der Waals surface area contributed by atoms with Crippen LogP contribution < -0.4 is 5.32 Å². The van der Waals surface area contributed by atoms with Gasteiger partial charge in [-0.3, -0.25) is 0 Å². The van der Waals surface area contributed by atoms with E-state index in [0.717, 1.165) is 10.2 Å². The third-order valence-electron chi connectivity index (χ3n) is 2.76. The zero-order chi connectivity index (χ0) is 13.1. The van der Waals surface area contributed by atoms with Crippen LogP contribution in [0.25, 0.3) is 0 Å². The average Bonchev–Trinajstić information content (AvgIpc) is 2.75. The number of hydrogen-bond donors (Lipinski definition) is 1. The molecule has 0 aliphatic heterocycles. The van der Waals surface area contributed by atoms with E-state index in [9.17, 15) is 4.39 Å². The van der Waals surface area contributed by atoms with Gasteiger partial charge in [-0.05, 0) is 31.2 Å². The molecule has 1 N–H and O–H groups in total. The molecule has 6 heteroatoms. The summed E-state index contributed by atoms with van der Waals surface area (Å²) >= 11 is 3.25. The molecule has 1 aromatic heterocycles. The number of benzene rings is 1. The Kier molecular flexibility index (Phi) is 4.08. The molecule has 0 saturated carbocycles. The minimum atomic E-state index is -0.214. The van der Waals surface area contributed by atoms with Gasteiger partial charge in [-0.15, -0.1) is 0 Å². The number of nitrogens with zero attached hydrogens (tertiary/aromatic N) is 3. The van der Waals surface area contributed by atoms with Crippen molar-refractivity contribution in [1.82, 2.24) is 20.3 Å². The Hall–Kier alpha value is -1.27. The number of aryl methyl sites for hydroxylation is 1. The monoisotopic (exact) mass is 312 g/mol. The van der Waals surface area contributed by atoms with Gasteiger partial charge in [0.15, 0.2) is 0 Å². The van der Waals surface area contributed by atoms with E-state index in [2.05, 4.69) is 31.4 Å². The van der Waals surface area contributed by atoms with Crippen LogP contribution in [0.1, 0.15) is 17.3 Å². The highest BCUT2D eigenvalue weighted by atomic mass is 79.9. The molecular formula is C12H14BrFN4. The average molecular weight is 313 g/mol. The quantitative estimate of drug-likeness (QED) is 0.941. The van der Waals surface area contributed by atoms with Gasteiger partial charge in [0, 0.05) is 11.5 Å². The van der Waals surface area contributed by atoms with Crippen LogP contribution in [0.5, 0.6) is 0 Å². The first-order valence-electron chi connectivity index (χ1n) is 5.57. The molecule has 0 aliphatic rings. The second-order valence-corrected chi connectivity index (χ2v) is 4.96. The highest BCUT2D eigenvalue weighted by Gasteiger charge is 2.15. The third-order valence-corrected chi connectivity index (χ3v) is 3.26. The lowest BCUT2D eigenvalue weighted by Gasteiger charge is -2.13. The molecule has 0 aliphatic carbocycles. The summed E-state index contributed by atoms with van der Waals surface area (Å²) in [5.74, 6) is -0.214. The molecule has 0 bridgehead atoms. The molecule has 1 unspecified atom stereocenters. The molecule has 96 valence electrons. The van der Waals surface area contributed by atoms with E-state index < -0.39 is 0 Å². The van der Waals surface area contributed by atoms with Gasteiger partial charge in [-0.2, -0.15) is 15.0 Å². The van der Waals surface area contributed by atoms with Crippen LogP contribution in [0.15, 0.2) is 28.9 Å². The fraction of sp³-hybridized carbons (Fsp3) is 0.333. The van der Waals surface area contributed by atoms with Gasteiger partial charge in [0.05, 0.1) is 17.9 Å². The molecule has 0 radical (unpaired) electrons. The van der Waals surface area contributed by atoms with Crippen molar-refractivity contribution < 1.29 is 4.39 Å². The van der Waals surface area contributed by atoms with Crippen LogP contribution >= 0.6 is 15.9 Å². The first-order valence-corrected chi connectivity index (χ1v) is 6.37. The van der Waals surface area contributed by atoms with Crippen LogP contribution in [-0.2, 0) is 13.5 Å². The summed E-state index contributed by atoms with van der Waals surface area (Å²) in [6.45, 7) is 0. The summed E-state index contributed by atoms with van der Waals surface area (Å²) in [5, 5.41) is 11.4. The Morgan fingerprint density at radius 3 is 2.83 bits per heavy atom. The van der Waals surface area contributed by atoms with Gasteiger partial charge >= 0.3 is 0 Å². The molecular weight excluding hydrogens is 299 g/mol. The molecule has 2 aromatic rings. The molecule has 4 nitrogen and oxygen atoms in total. The first-order chi connectivity index (χ1) is 8.60.